The van der Waals surface area contributed by atoms with Crippen molar-refractivity contribution in [1.82, 2.24) is 4.57 Å². The van der Waals surface area contributed by atoms with Crippen molar-refractivity contribution >= 4 is 0 Å². The Morgan fingerprint density at radius 1 is 1.00 bits per heavy atom. The molecular formula is C15H28N2. The predicted octanol–water partition coefficient (Wildman–Crippen LogP) is 4.09. The van der Waals surface area contributed by atoms with Gasteiger partial charge < -0.3 is 10.3 Å². The van der Waals surface area contributed by atoms with E-state index in [1.165, 1.54) is 57.1 Å². The fourth-order valence-corrected chi connectivity index (χ4v) is 2.27. The van der Waals surface area contributed by atoms with Crippen LogP contribution >= 0.6 is 0 Å². The molecule has 0 spiro atoms. The fraction of sp³-hybridized carbons (Fsp3) is 0.733. The van der Waals surface area contributed by atoms with E-state index in [0.717, 1.165) is 6.54 Å². The number of unbranched alkanes of at least 4 members (excludes halogenated alkanes) is 7. The molecule has 0 bridgehead atoms. The fourth-order valence-electron chi connectivity index (χ4n) is 2.27. The smallest absolute Gasteiger partial charge is 0.0334 e. The van der Waals surface area contributed by atoms with Gasteiger partial charge in [-0.2, -0.15) is 0 Å². The molecule has 1 heterocycles. The molecule has 98 valence electrons. The molecule has 0 fully saturated rings. The van der Waals surface area contributed by atoms with Gasteiger partial charge in [0.1, 0.15) is 0 Å². The van der Waals surface area contributed by atoms with Gasteiger partial charge in [0.15, 0.2) is 0 Å². The van der Waals surface area contributed by atoms with Crippen molar-refractivity contribution in [2.45, 2.75) is 71.4 Å². The molecule has 1 aromatic heterocycles. The molecule has 0 amide bonds. The third-order valence-corrected chi connectivity index (χ3v) is 3.39. The highest BCUT2D eigenvalue weighted by atomic mass is 15.0. The molecule has 2 N–H and O–H groups in total. The summed E-state index contributed by atoms with van der Waals surface area (Å²) in [5, 5.41) is 0. The summed E-state index contributed by atoms with van der Waals surface area (Å²) >= 11 is 0. The van der Waals surface area contributed by atoms with Crippen LogP contribution in [0, 0.1) is 0 Å². The zero-order chi connectivity index (χ0) is 12.3. The second kappa shape index (κ2) is 9.29. The standard InChI is InChI=1S/C15H28N2/c1-2-3-4-5-6-7-8-9-12-17-13-10-11-15(17)14-16/h10-11,13H,2-9,12,14,16H2,1H3. The Bertz CT molecular complexity index is 278. The number of nitrogens with two attached hydrogens (primary N) is 1. The van der Waals surface area contributed by atoms with Crippen LogP contribution < -0.4 is 5.73 Å². The van der Waals surface area contributed by atoms with Crippen LogP contribution in [0.4, 0.5) is 0 Å². The highest BCUT2D eigenvalue weighted by molar-refractivity contribution is 5.06. The van der Waals surface area contributed by atoms with E-state index < -0.39 is 0 Å². The van der Waals surface area contributed by atoms with Crippen molar-refractivity contribution in [1.29, 1.82) is 0 Å². The molecule has 1 aromatic rings. The van der Waals surface area contributed by atoms with Crippen molar-refractivity contribution in [3.05, 3.63) is 24.0 Å². The number of hydrogen-bond acceptors (Lipinski definition) is 1. The van der Waals surface area contributed by atoms with Crippen molar-refractivity contribution in [3.8, 4) is 0 Å². The molecule has 2 nitrogen and oxygen atoms in total. The number of hydrogen-bond donors (Lipinski definition) is 1. The Labute approximate surface area is 106 Å². The summed E-state index contributed by atoms with van der Waals surface area (Å²) in [6, 6.07) is 4.21. The normalized spacial score (nSPS) is 10.9. The van der Waals surface area contributed by atoms with E-state index in [4.69, 9.17) is 5.73 Å². The molecule has 0 aromatic carbocycles. The van der Waals surface area contributed by atoms with E-state index in [1.54, 1.807) is 0 Å². The van der Waals surface area contributed by atoms with Crippen LogP contribution in [0.25, 0.3) is 0 Å². The van der Waals surface area contributed by atoms with Gasteiger partial charge in [0.05, 0.1) is 0 Å². The van der Waals surface area contributed by atoms with Crippen LogP contribution in [0.15, 0.2) is 18.3 Å². The Balaban J connectivity index is 1.97. The van der Waals surface area contributed by atoms with E-state index >= 15 is 0 Å². The maximum absolute atomic E-state index is 5.67. The van der Waals surface area contributed by atoms with Gasteiger partial charge in [-0.3, -0.25) is 0 Å². The first-order valence-corrected chi connectivity index (χ1v) is 7.22. The SMILES string of the molecule is CCCCCCCCCCn1cccc1CN. The van der Waals surface area contributed by atoms with Crippen LogP contribution in [0.2, 0.25) is 0 Å². The Morgan fingerprint density at radius 3 is 2.29 bits per heavy atom. The molecule has 17 heavy (non-hydrogen) atoms. The lowest BCUT2D eigenvalue weighted by Gasteiger charge is -2.07. The molecule has 0 aliphatic heterocycles. The molecule has 1 rings (SSSR count). The van der Waals surface area contributed by atoms with Crippen molar-refractivity contribution in [2.24, 2.45) is 5.73 Å². The lowest BCUT2D eigenvalue weighted by atomic mass is 10.1. The zero-order valence-corrected chi connectivity index (χ0v) is 11.3. The topological polar surface area (TPSA) is 30.9 Å². The Kier molecular flexibility index (Phi) is 7.81. The van der Waals surface area contributed by atoms with Crippen LogP contribution in [-0.2, 0) is 13.1 Å². The van der Waals surface area contributed by atoms with Crippen LogP contribution in [0.1, 0.15) is 64.0 Å². The Hall–Kier alpha value is -0.760. The third-order valence-electron chi connectivity index (χ3n) is 3.39. The summed E-state index contributed by atoms with van der Waals surface area (Å²) in [5.74, 6) is 0. The lowest BCUT2D eigenvalue weighted by molar-refractivity contribution is 0.537. The highest BCUT2D eigenvalue weighted by Gasteiger charge is 1.98. The van der Waals surface area contributed by atoms with Crippen LogP contribution in [0.5, 0.6) is 0 Å². The molecule has 0 unspecified atom stereocenters. The molecule has 0 radical (unpaired) electrons. The average molecular weight is 236 g/mol. The summed E-state index contributed by atoms with van der Waals surface area (Å²) in [4.78, 5) is 0. The predicted molar refractivity (Wildman–Crippen MR) is 74.9 cm³/mol. The summed E-state index contributed by atoms with van der Waals surface area (Å²) in [7, 11) is 0. The summed E-state index contributed by atoms with van der Waals surface area (Å²) < 4.78 is 2.29. The minimum atomic E-state index is 0.657. The van der Waals surface area contributed by atoms with Crippen molar-refractivity contribution < 1.29 is 0 Å². The molecule has 0 saturated heterocycles. The summed E-state index contributed by atoms with van der Waals surface area (Å²) in [5.41, 5.74) is 6.93. The number of aryl methyl sites for hydroxylation is 1. The van der Waals surface area contributed by atoms with E-state index in [-0.39, 0.29) is 0 Å². The van der Waals surface area contributed by atoms with Gasteiger partial charge >= 0.3 is 0 Å². The molecule has 0 aliphatic rings. The quantitative estimate of drug-likeness (QED) is 0.609. The second-order valence-electron chi connectivity index (χ2n) is 4.87. The van der Waals surface area contributed by atoms with Crippen molar-refractivity contribution in [3.63, 3.8) is 0 Å². The molecule has 0 aliphatic carbocycles. The molecular weight excluding hydrogens is 208 g/mol. The van der Waals surface area contributed by atoms with Gasteiger partial charge in [0.25, 0.3) is 0 Å². The summed E-state index contributed by atoms with van der Waals surface area (Å²) in [6.45, 7) is 4.06. The van der Waals surface area contributed by atoms with E-state index in [2.05, 4.69) is 29.8 Å². The van der Waals surface area contributed by atoms with Crippen LogP contribution in [0.3, 0.4) is 0 Å². The number of rotatable bonds is 10. The molecule has 2 heteroatoms. The Morgan fingerprint density at radius 2 is 1.65 bits per heavy atom. The highest BCUT2D eigenvalue weighted by Crippen LogP contribution is 2.10. The van der Waals surface area contributed by atoms with Gasteiger partial charge in [0, 0.05) is 25.0 Å². The monoisotopic (exact) mass is 236 g/mol. The first-order valence-electron chi connectivity index (χ1n) is 7.22. The molecule has 0 atom stereocenters. The first-order chi connectivity index (χ1) is 8.38. The maximum Gasteiger partial charge on any atom is 0.0334 e. The average Bonchev–Trinajstić information content (AvgIpc) is 2.80. The van der Waals surface area contributed by atoms with Gasteiger partial charge in [-0.15, -0.1) is 0 Å². The van der Waals surface area contributed by atoms with Gasteiger partial charge in [-0.1, -0.05) is 51.9 Å². The van der Waals surface area contributed by atoms with Crippen molar-refractivity contribution in [2.75, 3.05) is 0 Å². The largest absolute Gasteiger partial charge is 0.350 e. The lowest BCUT2D eigenvalue weighted by Crippen LogP contribution is -2.06. The summed E-state index contributed by atoms with van der Waals surface area (Å²) in [6.07, 6.45) is 13.2. The second-order valence-corrected chi connectivity index (χ2v) is 4.87. The minimum absolute atomic E-state index is 0.657. The first kappa shape index (κ1) is 14.3. The van der Waals surface area contributed by atoms with Gasteiger partial charge in [-0.25, -0.2) is 0 Å². The van der Waals surface area contributed by atoms with E-state index in [1.807, 2.05) is 0 Å². The third kappa shape index (κ3) is 5.92. The number of nitrogens with zero attached hydrogens (tertiary/aromatic N) is 1. The maximum atomic E-state index is 5.67. The zero-order valence-electron chi connectivity index (χ0n) is 11.3. The van der Waals surface area contributed by atoms with Gasteiger partial charge in [0.2, 0.25) is 0 Å². The minimum Gasteiger partial charge on any atom is -0.350 e. The van der Waals surface area contributed by atoms with E-state index in [0.29, 0.717) is 6.54 Å². The number of aromatic nitrogens is 1. The van der Waals surface area contributed by atoms with E-state index in [9.17, 15) is 0 Å². The van der Waals surface area contributed by atoms with Gasteiger partial charge in [-0.05, 0) is 18.6 Å². The van der Waals surface area contributed by atoms with Crippen LogP contribution in [-0.4, -0.2) is 4.57 Å². The molecule has 0 saturated carbocycles.